The van der Waals surface area contributed by atoms with Crippen molar-refractivity contribution in [2.75, 3.05) is 20.1 Å². The Balaban J connectivity index is 2.15. The molecule has 0 spiro atoms. The number of halogens is 2. The average molecular weight is 268 g/mol. The van der Waals surface area contributed by atoms with Crippen LogP contribution in [0.3, 0.4) is 0 Å². The highest BCUT2D eigenvalue weighted by Crippen LogP contribution is 2.28. The molecule has 0 aromatic heterocycles. The summed E-state index contributed by atoms with van der Waals surface area (Å²) in [6, 6.07) is 4.83. The monoisotopic (exact) mass is 268 g/mol. The third kappa shape index (κ3) is 3.31. The first-order valence-corrected chi connectivity index (χ1v) is 6.98. The van der Waals surface area contributed by atoms with Crippen molar-refractivity contribution < 1.29 is 8.78 Å². The summed E-state index contributed by atoms with van der Waals surface area (Å²) >= 11 is 0. The maximum Gasteiger partial charge on any atom is 0.159 e. The highest BCUT2D eigenvalue weighted by Gasteiger charge is 2.27. The second-order valence-corrected chi connectivity index (χ2v) is 5.29. The Kier molecular flexibility index (Phi) is 4.88. The number of hydrogen-bond acceptors (Lipinski definition) is 2. The Hall–Kier alpha value is -1.00. The number of hydrogen-bond donors (Lipinski definition) is 1. The van der Waals surface area contributed by atoms with Gasteiger partial charge in [0.1, 0.15) is 0 Å². The van der Waals surface area contributed by atoms with Gasteiger partial charge in [0, 0.05) is 18.6 Å². The van der Waals surface area contributed by atoms with E-state index in [1.165, 1.54) is 25.0 Å². The van der Waals surface area contributed by atoms with Crippen LogP contribution in [-0.2, 0) is 0 Å². The van der Waals surface area contributed by atoms with Gasteiger partial charge in [0.2, 0.25) is 0 Å². The van der Waals surface area contributed by atoms with Gasteiger partial charge in [0.15, 0.2) is 11.6 Å². The fraction of sp³-hybridized carbons (Fsp3) is 0.600. The third-order valence-electron chi connectivity index (χ3n) is 4.04. The molecule has 2 atom stereocenters. The van der Waals surface area contributed by atoms with Crippen molar-refractivity contribution in [3.63, 3.8) is 0 Å². The highest BCUT2D eigenvalue weighted by molar-refractivity contribution is 5.21. The van der Waals surface area contributed by atoms with Crippen LogP contribution < -0.4 is 5.32 Å². The Morgan fingerprint density at radius 3 is 2.79 bits per heavy atom. The van der Waals surface area contributed by atoms with E-state index in [9.17, 15) is 8.78 Å². The van der Waals surface area contributed by atoms with E-state index in [4.69, 9.17) is 0 Å². The van der Waals surface area contributed by atoms with Crippen LogP contribution in [0.2, 0.25) is 0 Å². The standard InChI is InChI=1S/C15H22F2N2/c1-11(12-6-7-14(16)15(17)9-12)19-8-4-3-5-13(19)10-18-2/h6-7,9,11,13,18H,3-5,8,10H2,1-2H3. The van der Waals surface area contributed by atoms with E-state index in [1.807, 2.05) is 7.05 Å². The number of likely N-dealkylation sites (tertiary alicyclic amines) is 1. The van der Waals surface area contributed by atoms with Crippen LogP contribution >= 0.6 is 0 Å². The highest BCUT2D eigenvalue weighted by atomic mass is 19.2. The number of likely N-dealkylation sites (N-methyl/N-ethyl adjacent to an activating group) is 1. The first-order valence-electron chi connectivity index (χ1n) is 6.98. The quantitative estimate of drug-likeness (QED) is 0.902. The van der Waals surface area contributed by atoms with Gasteiger partial charge in [0.25, 0.3) is 0 Å². The van der Waals surface area contributed by atoms with E-state index < -0.39 is 11.6 Å². The molecule has 2 unspecified atom stereocenters. The maximum atomic E-state index is 13.3. The lowest BCUT2D eigenvalue weighted by Crippen LogP contribution is -2.45. The summed E-state index contributed by atoms with van der Waals surface area (Å²) in [5.41, 5.74) is 0.849. The van der Waals surface area contributed by atoms with Crippen LogP contribution in [0.25, 0.3) is 0 Å². The molecule has 0 bridgehead atoms. The van der Waals surface area contributed by atoms with Crippen LogP contribution in [-0.4, -0.2) is 31.1 Å². The number of rotatable bonds is 4. The van der Waals surface area contributed by atoms with Gasteiger partial charge in [0.05, 0.1) is 0 Å². The summed E-state index contributed by atoms with van der Waals surface area (Å²) in [7, 11) is 1.95. The molecule has 0 amide bonds. The molecule has 2 nitrogen and oxygen atoms in total. The van der Waals surface area contributed by atoms with Gasteiger partial charge in [-0.3, -0.25) is 4.90 Å². The first-order chi connectivity index (χ1) is 9.13. The molecular weight excluding hydrogens is 246 g/mol. The molecule has 1 fully saturated rings. The minimum atomic E-state index is -0.777. The molecule has 4 heteroatoms. The summed E-state index contributed by atoms with van der Waals surface area (Å²) in [5.74, 6) is -1.53. The molecule has 1 N–H and O–H groups in total. The van der Waals surface area contributed by atoms with Crippen LogP contribution in [0.5, 0.6) is 0 Å². The first kappa shape index (κ1) is 14.4. The molecule has 0 saturated carbocycles. The SMILES string of the molecule is CNCC1CCCCN1C(C)c1ccc(F)c(F)c1. The molecule has 106 valence electrons. The van der Waals surface area contributed by atoms with Crippen molar-refractivity contribution in [2.24, 2.45) is 0 Å². The van der Waals surface area contributed by atoms with Gasteiger partial charge in [-0.1, -0.05) is 12.5 Å². The van der Waals surface area contributed by atoms with Gasteiger partial charge >= 0.3 is 0 Å². The van der Waals surface area contributed by atoms with Crippen molar-refractivity contribution in [1.82, 2.24) is 10.2 Å². The molecule has 1 heterocycles. The molecule has 1 aliphatic rings. The zero-order valence-electron chi connectivity index (χ0n) is 11.6. The smallest absolute Gasteiger partial charge is 0.159 e. The normalized spacial score (nSPS) is 22.4. The minimum Gasteiger partial charge on any atom is -0.318 e. The fourth-order valence-electron chi connectivity index (χ4n) is 2.95. The number of piperidine rings is 1. The molecule has 1 aromatic carbocycles. The van der Waals surface area contributed by atoms with Crippen LogP contribution in [0.1, 0.15) is 37.8 Å². The second-order valence-electron chi connectivity index (χ2n) is 5.29. The van der Waals surface area contributed by atoms with Crippen molar-refractivity contribution in [2.45, 2.75) is 38.3 Å². The van der Waals surface area contributed by atoms with E-state index in [-0.39, 0.29) is 6.04 Å². The predicted molar refractivity (Wildman–Crippen MR) is 73.0 cm³/mol. The molecule has 2 rings (SSSR count). The van der Waals surface area contributed by atoms with Gasteiger partial charge < -0.3 is 5.32 Å². The Morgan fingerprint density at radius 2 is 2.11 bits per heavy atom. The van der Waals surface area contributed by atoms with E-state index >= 15 is 0 Å². The Labute approximate surface area is 113 Å². The summed E-state index contributed by atoms with van der Waals surface area (Å²) in [4.78, 5) is 2.40. The zero-order valence-corrected chi connectivity index (χ0v) is 11.6. The lowest BCUT2D eigenvalue weighted by molar-refractivity contribution is 0.103. The average Bonchev–Trinajstić information content (AvgIpc) is 2.42. The lowest BCUT2D eigenvalue weighted by atomic mass is 9.97. The fourth-order valence-corrected chi connectivity index (χ4v) is 2.95. The largest absolute Gasteiger partial charge is 0.318 e. The van der Waals surface area contributed by atoms with Crippen molar-refractivity contribution >= 4 is 0 Å². The van der Waals surface area contributed by atoms with E-state index in [0.717, 1.165) is 25.1 Å². The summed E-state index contributed by atoms with van der Waals surface area (Å²) in [6.07, 6.45) is 3.58. The minimum absolute atomic E-state index is 0.119. The lowest BCUT2D eigenvalue weighted by Gasteiger charge is -2.40. The molecule has 0 aliphatic carbocycles. The van der Waals surface area contributed by atoms with Crippen LogP contribution in [0, 0.1) is 11.6 Å². The number of benzene rings is 1. The topological polar surface area (TPSA) is 15.3 Å². The molecule has 19 heavy (non-hydrogen) atoms. The molecule has 1 saturated heterocycles. The van der Waals surface area contributed by atoms with Crippen molar-refractivity contribution in [1.29, 1.82) is 0 Å². The molecule has 1 aliphatic heterocycles. The van der Waals surface area contributed by atoms with Crippen molar-refractivity contribution in [3.05, 3.63) is 35.4 Å². The predicted octanol–water partition coefficient (Wildman–Crippen LogP) is 3.10. The summed E-state index contributed by atoms with van der Waals surface area (Å²) < 4.78 is 26.3. The van der Waals surface area contributed by atoms with Gasteiger partial charge in [-0.15, -0.1) is 0 Å². The zero-order chi connectivity index (χ0) is 13.8. The number of nitrogens with one attached hydrogen (secondary N) is 1. The van der Waals surface area contributed by atoms with Crippen LogP contribution in [0.4, 0.5) is 8.78 Å². The van der Waals surface area contributed by atoms with Crippen molar-refractivity contribution in [3.8, 4) is 0 Å². The van der Waals surface area contributed by atoms with E-state index in [0.29, 0.717) is 6.04 Å². The van der Waals surface area contributed by atoms with E-state index in [1.54, 1.807) is 6.07 Å². The van der Waals surface area contributed by atoms with Gasteiger partial charge in [-0.2, -0.15) is 0 Å². The maximum absolute atomic E-state index is 13.3. The third-order valence-corrected chi connectivity index (χ3v) is 4.04. The van der Waals surface area contributed by atoms with Crippen LogP contribution in [0.15, 0.2) is 18.2 Å². The Bertz CT molecular complexity index is 421. The number of nitrogens with zero attached hydrogens (tertiary/aromatic N) is 1. The molecule has 1 aromatic rings. The summed E-state index contributed by atoms with van der Waals surface area (Å²) in [5, 5.41) is 3.22. The second kappa shape index (κ2) is 6.44. The summed E-state index contributed by atoms with van der Waals surface area (Å²) in [6.45, 7) is 4.03. The van der Waals surface area contributed by atoms with E-state index in [2.05, 4.69) is 17.1 Å². The van der Waals surface area contributed by atoms with Gasteiger partial charge in [-0.05, 0) is 51.1 Å². The Morgan fingerprint density at radius 1 is 1.32 bits per heavy atom. The molecular formula is C15H22F2N2. The van der Waals surface area contributed by atoms with Gasteiger partial charge in [-0.25, -0.2) is 8.78 Å². The molecule has 0 radical (unpaired) electrons.